The lowest BCUT2D eigenvalue weighted by molar-refractivity contribution is 0.185. The smallest absolute Gasteiger partial charge is 0.317 e. The SMILES string of the molecule is COCCn1cnc2sc3c(c2c1=O)CCN(C(=O)NC1CCCCC1)C3. The van der Waals surface area contributed by atoms with E-state index in [9.17, 15) is 9.59 Å². The topological polar surface area (TPSA) is 76.5 Å². The summed E-state index contributed by atoms with van der Waals surface area (Å²) in [6.45, 7) is 2.18. The van der Waals surface area contributed by atoms with E-state index in [0.29, 0.717) is 38.7 Å². The molecular weight excluding hydrogens is 364 g/mol. The Morgan fingerprint density at radius 1 is 1.37 bits per heavy atom. The highest BCUT2D eigenvalue weighted by Crippen LogP contribution is 2.32. The Morgan fingerprint density at radius 3 is 2.96 bits per heavy atom. The van der Waals surface area contributed by atoms with E-state index in [4.69, 9.17) is 4.74 Å². The number of amides is 2. The van der Waals surface area contributed by atoms with Gasteiger partial charge in [0.15, 0.2) is 0 Å². The van der Waals surface area contributed by atoms with Crippen LogP contribution in [0.5, 0.6) is 0 Å². The maximum atomic E-state index is 12.8. The fraction of sp³-hybridized carbons (Fsp3) is 0.632. The molecule has 1 aliphatic carbocycles. The number of hydrogen-bond acceptors (Lipinski definition) is 5. The number of nitrogens with zero attached hydrogens (tertiary/aromatic N) is 3. The predicted molar refractivity (Wildman–Crippen MR) is 105 cm³/mol. The van der Waals surface area contributed by atoms with Gasteiger partial charge in [-0.25, -0.2) is 9.78 Å². The van der Waals surface area contributed by atoms with Gasteiger partial charge in [0.1, 0.15) is 4.83 Å². The summed E-state index contributed by atoms with van der Waals surface area (Å²) in [4.78, 5) is 33.7. The largest absolute Gasteiger partial charge is 0.383 e. The molecule has 2 amide bonds. The van der Waals surface area contributed by atoms with Crippen LogP contribution in [-0.4, -0.2) is 46.8 Å². The van der Waals surface area contributed by atoms with Crippen molar-refractivity contribution in [3.05, 3.63) is 27.1 Å². The molecule has 27 heavy (non-hydrogen) atoms. The summed E-state index contributed by atoms with van der Waals surface area (Å²) in [7, 11) is 1.62. The third-order valence-electron chi connectivity index (χ3n) is 5.58. The molecular formula is C19H26N4O3S. The van der Waals surface area contributed by atoms with Gasteiger partial charge in [0.2, 0.25) is 0 Å². The highest BCUT2D eigenvalue weighted by atomic mass is 32.1. The number of nitrogens with one attached hydrogen (secondary N) is 1. The molecule has 0 bridgehead atoms. The number of thiophene rings is 1. The quantitative estimate of drug-likeness (QED) is 0.870. The minimum atomic E-state index is -0.00495. The standard InChI is InChI=1S/C19H26N4O3S/c1-26-10-9-23-12-20-17-16(18(23)24)14-7-8-22(11-15(14)27-17)19(25)21-13-5-3-2-4-6-13/h12-13H,2-11H2,1H3,(H,21,25). The Kier molecular flexibility index (Phi) is 5.45. The number of aromatic nitrogens is 2. The highest BCUT2D eigenvalue weighted by Gasteiger charge is 2.27. The van der Waals surface area contributed by atoms with Gasteiger partial charge in [-0.2, -0.15) is 0 Å². The molecule has 2 aliphatic rings. The summed E-state index contributed by atoms with van der Waals surface area (Å²) >= 11 is 1.54. The van der Waals surface area contributed by atoms with Crippen LogP contribution in [0.15, 0.2) is 11.1 Å². The van der Waals surface area contributed by atoms with Gasteiger partial charge in [-0.3, -0.25) is 9.36 Å². The number of hydrogen-bond donors (Lipinski definition) is 1. The number of carbonyl (C=O) groups is 1. The Balaban J connectivity index is 1.52. The van der Waals surface area contributed by atoms with E-state index >= 15 is 0 Å². The molecule has 7 nitrogen and oxygen atoms in total. The van der Waals surface area contributed by atoms with Crippen molar-refractivity contribution in [2.45, 2.75) is 57.7 Å². The number of fused-ring (bicyclic) bond motifs is 3. The van der Waals surface area contributed by atoms with E-state index in [2.05, 4.69) is 10.3 Å². The van der Waals surface area contributed by atoms with Crippen LogP contribution in [0.1, 0.15) is 42.5 Å². The second-order valence-electron chi connectivity index (χ2n) is 7.38. The monoisotopic (exact) mass is 390 g/mol. The van der Waals surface area contributed by atoms with Gasteiger partial charge in [-0.1, -0.05) is 19.3 Å². The lowest BCUT2D eigenvalue weighted by Crippen LogP contribution is -2.47. The van der Waals surface area contributed by atoms with Crippen molar-refractivity contribution < 1.29 is 9.53 Å². The molecule has 8 heteroatoms. The number of urea groups is 1. The predicted octanol–water partition coefficient (Wildman–Crippen LogP) is 2.50. The number of ether oxygens (including phenoxy) is 1. The maximum Gasteiger partial charge on any atom is 0.317 e. The zero-order chi connectivity index (χ0) is 18.8. The Bertz CT molecular complexity index is 885. The Morgan fingerprint density at radius 2 is 2.19 bits per heavy atom. The number of carbonyl (C=O) groups excluding carboxylic acids is 1. The Labute approximate surface area is 162 Å². The van der Waals surface area contributed by atoms with Crippen LogP contribution < -0.4 is 10.9 Å². The number of methoxy groups -OCH3 is 1. The van der Waals surface area contributed by atoms with Crippen molar-refractivity contribution in [1.29, 1.82) is 0 Å². The molecule has 0 saturated heterocycles. The van der Waals surface area contributed by atoms with Gasteiger partial charge in [0, 0.05) is 24.6 Å². The molecule has 0 spiro atoms. The fourth-order valence-corrected chi connectivity index (χ4v) is 5.25. The molecule has 0 radical (unpaired) electrons. The molecule has 2 aromatic heterocycles. The van der Waals surface area contributed by atoms with E-state index in [1.54, 1.807) is 18.0 Å². The fourth-order valence-electron chi connectivity index (χ4n) is 4.05. The molecule has 2 aromatic rings. The first-order valence-corrected chi connectivity index (χ1v) is 10.5. The lowest BCUT2D eigenvalue weighted by Gasteiger charge is -2.30. The van der Waals surface area contributed by atoms with Crippen molar-refractivity contribution in [1.82, 2.24) is 19.8 Å². The van der Waals surface area contributed by atoms with Crippen LogP contribution in [0.2, 0.25) is 0 Å². The van der Waals surface area contributed by atoms with Crippen LogP contribution in [0, 0.1) is 0 Å². The van der Waals surface area contributed by atoms with E-state index in [1.807, 2.05) is 4.90 Å². The summed E-state index contributed by atoms with van der Waals surface area (Å²) in [5.41, 5.74) is 1.07. The van der Waals surface area contributed by atoms with Crippen LogP contribution in [-0.2, 0) is 24.2 Å². The molecule has 1 fully saturated rings. The zero-order valence-electron chi connectivity index (χ0n) is 15.7. The van der Waals surface area contributed by atoms with Crippen molar-refractivity contribution in [2.75, 3.05) is 20.3 Å². The first-order valence-electron chi connectivity index (χ1n) is 9.71. The van der Waals surface area contributed by atoms with E-state index < -0.39 is 0 Å². The van der Waals surface area contributed by atoms with Gasteiger partial charge in [0.05, 0.1) is 31.4 Å². The first-order chi connectivity index (χ1) is 13.2. The zero-order valence-corrected chi connectivity index (χ0v) is 16.5. The minimum Gasteiger partial charge on any atom is -0.383 e. The summed E-state index contributed by atoms with van der Waals surface area (Å²) in [5.74, 6) is 0. The van der Waals surface area contributed by atoms with Crippen molar-refractivity contribution in [2.24, 2.45) is 0 Å². The van der Waals surface area contributed by atoms with E-state index in [1.165, 1.54) is 30.6 Å². The molecule has 0 aromatic carbocycles. The second kappa shape index (κ2) is 7.98. The average Bonchev–Trinajstić information content (AvgIpc) is 3.06. The van der Waals surface area contributed by atoms with E-state index in [0.717, 1.165) is 33.5 Å². The van der Waals surface area contributed by atoms with Crippen molar-refractivity contribution in [3.63, 3.8) is 0 Å². The molecule has 1 saturated carbocycles. The van der Waals surface area contributed by atoms with Crippen molar-refractivity contribution >= 4 is 27.6 Å². The number of rotatable bonds is 4. The summed E-state index contributed by atoms with van der Waals surface area (Å²) in [6, 6.07) is 0.333. The third-order valence-corrected chi connectivity index (χ3v) is 6.71. The van der Waals surface area contributed by atoms with Gasteiger partial charge in [-0.15, -0.1) is 11.3 Å². The van der Waals surface area contributed by atoms with Gasteiger partial charge in [0.25, 0.3) is 5.56 Å². The molecule has 1 N–H and O–H groups in total. The van der Waals surface area contributed by atoms with Gasteiger partial charge < -0.3 is 15.0 Å². The third kappa shape index (κ3) is 3.73. The minimum absolute atomic E-state index is 0.00495. The summed E-state index contributed by atoms with van der Waals surface area (Å²) in [5, 5.41) is 3.92. The maximum absolute atomic E-state index is 12.8. The van der Waals surface area contributed by atoms with Gasteiger partial charge in [-0.05, 0) is 24.8 Å². The molecule has 0 unspecified atom stereocenters. The Hall–Kier alpha value is -1.93. The molecule has 3 heterocycles. The molecule has 4 rings (SSSR count). The molecule has 146 valence electrons. The second-order valence-corrected chi connectivity index (χ2v) is 8.46. The average molecular weight is 391 g/mol. The first kappa shape index (κ1) is 18.4. The van der Waals surface area contributed by atoms with Crippen LogP contribution >= 0.6 is 11.3 Å². The van der Waals surface area contributed by atoms with E-state index in [-0.39, 0.29) is 11.6 Å². The summed E-state index contributed by atoms with van der Waals surface area (Å²) < 4.78 is 6.69. The van der Waals surface area contributed by atoms with Crippen molar-refractivity contribution in [3.8, 4) is 0 Å². The van der Waals surface area contributed by atoms with Crippen LogP contribution in [0.4, 0.5) is 4.79 Å². The molecule has 0 atom stereocenters. The summed E-state index contributed by atoms with van der Waals surface area (Å²) in [6.07, 6.45) is 8.14. The molecule has 1 aliphatic heterocycles. The highest BCUT2D eigenvalue weighted by molar-refractivity contribution is 7.18. The van der Waals surface area contributed by atoms with Gasteiger partial charge >= 0.3 is 6.03 Å². The normalized spacial score (nSPS) is 17.9. The van der Waals surface area contributed by atoms with Crippen LogP contribution in [0.3, 0.4) is 0 Å². The van der Waals surface area contributed by atoms with Crippen LogP contribution in [0.25, 0.3) is 10.2 Å². The lowest BCUT2D eigenvalue weighted by atomic mass is 9.96.